The lowest BCUT2D eigenvalue weighted by atomic mass is 9.99. The highest BCUT2D eigenvalue weighted by molar-refractivity contribution is 7.89. The number of hydrogen-bond donors (Lipinski definition) is 2. The molecule has 0 aliphatic carbocycles. The topological polar surface area (TPSA) is 101 Å². The Morgan fingerprint density at radius 2 is 1.46 bits per heavy atom. The number of rotatable bonds is 10. The largest absolute Gasteiger partial charge is 0.480 e. The van der Waals surface area contributed by atoms with Gasteiger partial charge in [-0.25, -0.2) is 8.42 Å². The molecule has 0 spiro atoms. The maximum Gasteiger partial charge on any atom is 0.322 e. The van der Waals surface area contributed by atoms with E-state index in [9.17, 15) is 23.1 Å². The molecular weight excluding hydrogens is 509 g/mol. The SMILES string of the molecule is CC(C)[C@H](NS(=O)(=O)c1ccc(-c2ccc(CC(=O)Cc3ccc(Cl)cc3Cl)cc2)cc1)C(=O)O. The van der Waals surface area contributed by atoms with Gasteiger partial charge in [-0.3, -0.25) is 9.59 Å². The molecule has 0 aromatic heterocycles. The second kappa shape index (κ2) is 11.4. The Labute approximate surface area is 214 Å². The van der Waals surface area contributed by atoms with E-state index in [0.717, 1.165) is 22.3 Å². The third-order valence-corrected chi connectivity index (χ3v) is 7.51. The molecule has 0 bridgehead atoms. The summed E-state index contributed by atoms with van der Waals surface area (Å²) in [6.07, 6.45) is 0.462. The summed E-state index contributed by atoms with van der Waals surface area (Å²) < 4.78 is 27.4. The van der Waals surface area contributed by atoms with Crippen LogP contribution in [0.4, 0.5) is 0 Å². The van der Waals surface area contributed by atoms with Gasteiger partial charge < -0.3 is 5.11 Å². The smallest absolute Gasteiger partial charge is 0.322 e. The van der Waals surface area contributed by atoms with Crippen molar-refractivity contribution in [1.82, 2.24) is 4.72 Å². The molecule has 184 valence electrons. The van der Waals surface area contributed by atoms with E-state index in [1.807, 2.05) is 24.3 Å². The van der Waals surface area contributed by atoms with Crippen LogP contribution in [0.5, 0.6) is 0 Å². The molecule has 0 saturated heterocycles. The zero-order chi connectivity index (χ0) is 25.8. The number of carboxylic acids is 1. The Morgan fingerprint density at radius 3 is 1.97 bits per heavy atom. The number of aliphatic carboxylic acids is 1. The van der Waals surface area contributed by atoms with Crippen LogP contribution in [0, 0.1) is 5.92 Å². The lowest BCUT2D eigenvalue weighted by Crippen LogP contribution is -2.44. The van der Waals surface area contributed by atoms with Crippen LogP contribution in [0.1, 0.15) is 25.0 Å². The number of Topliss-reactive ketones (excluding diaryl/α,β-unsaturated/α-hetero) is 1. The summed E-state index contributed by atoms with van der Waals surface area (Å²) in [5.41, 5.74) is 3.21. The minimum Gasteiger partial charge on any atom is -0.480 e. The maximum absolute atomic E-state index is 12.6. The molecule has 0 aliphatic heterocycles. The summed E-state index contributed by atoms with van der Waals surface area (Å²) in [7, 11) is -3.99. The highest BCUT2D eigenvalue weighted by Crippen LogP contribution is 2.24. The van der Waals surface area contributed by atoms with Gasteiger partial charge in [-0.05, 0) is 52.4 Å². The summed E-state index contributed by atoms with van der Waals surface area (Å²) >= 11 is 12.1. The van der Waals surface area contributed by atoms with Crippen molar-refractivity contribution in [3.05, 3.63) is 87.9 Å². The van der Waals surface area contributed by atoms with Gasteiger partial charge in [-0.1, -0.05) is 79.5 Å². The fourth-order valence-corrected chi connectivity index (χ4v) is 5.33. The number of carbonyl (C=O) groups excluding carboxylic acids is 1. The zero-order valence-electron chi connectivity index (χ0n) is 19.2. The van der Waals surface area contributed by atoms with Crippen LogP contribution in [0.25, 0.3) is 11.1 Å². The first-order valence-corrected chi connectivity index (χ1v) is 13.1. The van der Waals surface area contributed by atoms with Crippen molar-refractivity contribution in [3.63, 3.8) is 0 Å². The normalized spacial score (nSPS) is 12.5. The third-order valence-electron chi connectivity index (χ3n) is 5.47. The van der Waals surface area contributed by atoms with Gasteiger partial charge in [-0.2, -0.15) is 4.72 Å². The summed E-state index contributed by atoms with van der Waals surface area (Å²) in [4.78, 5) is 23.8. The molecule has 3 aromatic carbocycles. The number of carbonyl (C=O) groups is 2. The number of hydrogen-bond acceptors (Lipinski definition) is 4. The molecule has 6 nitrogen and oxygen atoms in total. The molecule has 0 radical (unpaired) electrons. The quantitative estimate of drug-likeness (QED) is 0.363. The molecular formula is C26H25Cl2NO5S. The molecule has 0 heterocycles. The average Bonchev–Trinajstić information content (AvgIpc) is 2.79. The Morgan fingerprint density at radius 1 is 0.886 bits per heavy atom. The van der Waals surface area contributed by atoms with E-state index in [0.29, 0.717) is 10.0 Å². The van der Waals surface area contributed by atoms with Crippen molar-refractivity contribution in [2.24, 2.45) is 5.92 Å². The van der Waals surface area contributed by atoms with Gasteiger partial charge in [0.15, 0.2) is 0 Å². The van der Waals surface area contributed by atoms with Crippen LogP contribution in [0.15, 0.2) is 71.6 Å². The van der Waals surface area contributed by atoms with Gasteiger partial charge in [0.1, 0.15) is 11.8 Å². The van der Waals surface area contributed by atoms with Crippen molar-refractivity contribution in [2.45, 2.75) is 37.6 Å². The van der Waals surface area contributed by atoms with E-state index in [-0.39, 0.29) is 23.5 Å². The van der Waals surface area contributed by atoms with E-state index in [1.165, 1.54) is 12.1 Å². The number of sulfonamides is 1. The molecule has 0 unspecified atom stereocenters. The van der Waals surface area contributed by atoms with E-state index < -0.39 is 28.0 Å². The van der Waals surface area contributed by atoms with Gasteiger partial charge >= 0.3 is 5.97 Å². The second-order valence-corrected chi connectivity index (χ2v) is 11.1. The molecule has 3 aromatic rings. The van der Waals surface area contributed by atoms with E-state index in [1.54, 1.807) is 44.2 Å². The predicted molar refractivity (Wildman–Crippen MR) is 137 cm³/mol. The van der Waals surface area contributed by atoms with Crippen molar-refractivity contribution >= 4 is 45.0 Å². The number of halogens is 2. The fourth-order valence-electron chi connectivity index (χ4n) is 3.52. The fraction of sp³-hybridized carbons (Fsp3) is 0.231. The number of benzene rings is 3. The Bertz CT molecular complexity index is 1320. The summed E-state index contributed by atoms with van der Waals surface area (Å²) in [5.74, 6) is -1.62. The van der Waals surface area contributed by atoms with Crippen LogP contribution in [0.2, 0.25) is 10.0 Å². The van der Waals surface area contributed by atoms with Crippen molar-refractivity contribution < 1.29 is 23.1 Å². The van der Waals surface area contributed by atoms with Crippen LogP contribution < -0.4 is 4.72 Å². The Kier molecular flexibility index (Phi) is 8.72. The highest BCUT2D eigenvalue weighted by Gasteiger charge is 2.28. The second-order valence-electron chi connectivity index (χ2n) is 8.53. The van der Waals surface area contributed by atoms with E-state index in [2.05, 4.69) is 4.72 Å². The molecule has 0 amide bonds. The monoisotopic (exact) mass is 533 g/mol. The Balaban J connectivity index is 1.67. The molecule has 9 heteroatoms. The zero-order valence-corrected chi connectivity index (χ0v) is 21.5. The summed E-state index contributed by atoms with van der Waals surface area (Å²) in [6.45, 7) is 3.27. The lowest BCUT2D eigenvalue weighted by Gasteiger charge is -2.18. The van der Waals surface area contributed by atoms with Crippen molar-refractivity contribution in [3.8, 4) is 11.1 Å². The first-order valence-electron chi connectivity index (χ1n) is 10.9. The van der Waals surface area contributed by atoms with Crippen LogP contribution in [0.3, 0.4) is 0 Å². The van der Waals surface area contributed by atoms with Crippen molar-refractivity contribution in [1.29, 1.82) is 0 Å². The number of ketones is 1. The molecule has 35 heavy (non-hydrogen) atoms. The predicted octanol–water partition coefficient (Wildman–Crippen LogP) is 5.40. The molecule has 0 aliphatic rings. The lowest BCUT2D eigenvalue weighted by molar-refractivity contribution is -0.140. The Hall–Kier alpha value is -2.71. The standard InChI is InChI=1S/C26H25Cl2NO5S/c1-16(2)25(26(31)32)29-35(33,34)23-11-8-19(9-12-23)18-5-3-17(4-6-18)13-22(30)14-20-7-10-21(27)15-24(20)28/h3-12,15-16,25,29H,13-14H2,1-2H3,(H,31,32)/t25-/m0/s1. The highest BCUT2D eigenvalue weighted by atomic mass is 35.5. The van der Waals surface area contributed by atoms with E-state index >= 15 is 0 Å². The summed E-state index contributed by atoms with van der Waals surface area (Å²) in [5, 5.41) is 10.2. The molecule has 2 N–H and O–H groups in total. The van der Waals surface area contributed by atoms with Gasteiger partial charge in [0.05, 0.1) is 4.90 Å². The van der Waals surface area contributed by atoms with Gasteiger partial charge in [-0.15, -0.1) is 0 Å². The molecule has 0 saturated carbocycles. The molecule has 0 fully saturated rings. The number of carboxylic acid groups (broad SMARTS) is 1. The van der Waals surface area contributed by atoms with Gasteiger partial charge in [0.2, 0.25) is 10.0 Å². The van der Waals surface area contributed by atoms with Gasteiger partial charge in [0.25, 0.3) is 0 Å². The third kappa shape index (κ3) is 7.15. The van der Waals surface area contributed by atoms with Crippen LogP contribution in [-0.2, 0) is 32.5 Å². The van der Waals surface area contributed by atoms with Crippen LogP contribution in [-0.4, -0.2) is 31.3 Å². The first kappa shape index (κ1) is 26.9. The van der Waals surface area contributed by atoms with Crippen molar-refractivity contribution in [2.75, 3.05) is 0 Å². The minimum atomic E-state index is -3.99. The maximum atomic E-state index is 12.6. The first-order chi connectivity index (χ1) is 16.5. The number of nitrogens with one attached hydrogen (secondary N) is 1. The van der Waals surface area contributed by atoms with Gasteiger partial charge in [0, 0.05) is 22.9 Å². The molecule has 3 rings (SSSR count). The minimum absolute atomic E-state index is 0.0174. The summed E-state index contributed by atoms with van der Waals surface area (Å²) in [6, 6.07) is 17.4. The average molecular weight is 534 g/mol. The van der Waals surface area contributed by atoms with E-state index in [4.69, 9.17) is 23.2 Å². The van der Waals surface area contributed by atoms with Crippen LogP contribution >= 0.6 is 23.2 Å². The molecule has 1 atom stereocenters.